The zero-order valence-electron chi connectivity index (χ0n) is 12.0. The molecule has 0 aromatic heterocycles. The quantitative estimate of drug-likeness (QED) is 0.837. The Morgan fingerprint density at radius 1 is 0.950 bits per heavy atom. The van der Waals surface area contributed by atoms with Gasteiger partial charge in [0.05, 0.1) is 7.11 Å². The van der Waals surface area contributed by atoms with Crippen LogP contribution in [0.4, 0.5) is 0 Å². The highest BCUT2D eigenvalue weighted by atomic mass is 16.5. The van der Waals surface area contributed by atoms with E-state index in [4.69, 9.17) is 9.47 Å². The molecule has 3 heteroatoms. The van der Waals surface area contributed by atoms with Crippen molar-refractivity contribution in [2.75, 3.05) is 20.7 Å². The van der Waals surface area contributed by atoms with Gasteiger partial charge in [-0.2, -0.15) is 0 Å². The molecule has 3 nitrogen and oxygen atoms in total. The maximum absolute atomic E-state index is 6.16. The number of para-hydroxylation sites is 2. The molecule has 0 aliphatic rings. The molecule has 2 aromatic rings. The van der Waals surface area contributed by atoms with Crippen molar-refractivity contribution in [1.29, 1.82) is 0 Å². The van der Waals surface area contributed by atoms with Gasteiger partial charge in [0.25, 0.3) is 0 Å². The Kier molecular flexibility index (Phi) is 5.44. The lowest BCUT2D eigenvalue weighted by Crippen LogP contribution is -2.16. The summed E-state index contributed by atoms with van der Waals surface area (Å²) in [5.41, 5.74) is 1.17. The number of benzene rings is 2. The van der Waals surface area contributed by atoms with Crippen LogP contribution in [0.2, 0.25) is 0 Å². The van der Waals surface area contributed by atoms with Crippen LogP contribution in [-0.4, -0.2) is 20.7 Å². The molecule has 20 heavy (non-hydrogen) atoms. The highest BCUT2D eigenvalue weighted by molar-refractivity contribution is 5.40. The zero-order valence-corrected chi connectivity index (χ0v) is 12.0. The smallest absolute Gasteiger partial charge is 0.162 e. The summed E-state index contributed by atoms with van der Waals surface area (Å²) in [5, 5.41) is 3.17. The van der Waals surface area contributed by atoms with Gasteiger partial charge in [0.15, 0.2) is 11.5 Å². The molecule has 0 aliphatic heterocycles. The van der Waals surface area contributed by atoms with E-state index in [1.165, 1.54) is 5.56 Å². The number of rotatable bonds is 7. The van der Waals surface area contributed by atoms with Crippen molar-refractivity contribution in [2.45, 2.75) is 12.5 Å². The van der Waals surface area contributed by atoms with Gasteiger partial charge >= 0.3 is 0 Å². The van der Waals surface area contributed by atoms with E-state index in [2.05, 4.69) is 17.4 Å². The second-order valence-electron chi connectivity index (χ2n) is 4.56. The first-order valence-electron chi connectivity index (χ1n) is 6.84. The molecule has 106 valence electrons. The zero-order chi connectivity index (χ0) is 14.2. The van der Waals surface area contributed by atoms with Gasteiger partial charge in [0.2, 0.25) is 0 Å². The molecule has 0 saturated heterocycles. The first-order chi connectivity index (χ1) is 9.85. The van der Waals surface area contributed by atoms with Crippen molar-refractivity contribution in [3.05, 3.63) is 60.2 Å². The van der Waals surface area contributed by atoms with E-state index in [0.29, 0.717) is 0 Å². The first-order valence-corrected chi connectivity index (χ1v) is 6.84. The van der Waals surface area contributed by atoms with E-state index < -0.39 is 0 Å². The minimum Gasteiger partial charge on any atom is -0.493 e. The van der Waals surface area contributed by atoms with Crippen molar-refractivity contribution in [2.24, 2.45) is 0 Å². The van der Waals surface area contributed by atoms with Gasteiger partial charge < -0.3 is 14.8 Å². The molecular formula is C17H21NO2. The average Bonchev–Trinajstić information content (AvgIpc) is 2.52. The molecule has 1 atom stereocenters. The number of nitrogens with one attached hydrogen (secondary N) is 1. The first kappa shape index (κ1) is 14.4. The summed E-state index contributed by atoms with van der Waals surface area (Å²) in [6, 6.07) is 18.0. The van der Waals surface area contributed by atoms with Gasteiger partial charge in [0.1, 0.15) is 6.10 Å². The lowest BCUT2D eigenvalue weighted by molar-refractivity contribution is 0.187. The van der Waals surface area contributed by atoms with E-state index in [1.807, 2.05) is 49.5 Å². The number of methoxy groups -OCH3 is 1. The van der Waals surface area contributed by atoms with Crippen molar-refractivity contribution in [3.63, 3.8) is 0 Å². The second-order valence-corrected chi connectivity index (χ2v) is 4.56. The van der Waals surface area contributed by atoms with Gasteiger partial charge in [-0.05, 0) is 31.3 Å². The monoisotopic (exact) mass is 271 g/mol. The standard InChI is InChI=1S/C17H21NO2/c1-18-13-12-15(14-8-4-3-5-9-14)20-17-11-7-6-10-16(17)19-2/h3-11,15,18H,12-13H2,1-2H3/t15-/m1/s1. The van der Waals surface area contributed by atoms with E-state index >= 15 is 0 Å². The van der Waals surface area contributed by atoms with E-state index in [9.17, 15) is 0 Å². The second kappa shape index (κ2) is 7.56. The molecule has 0 saturated carbocycles. The molecule has 0 heterocycles. The highest BCUT2D eigenvalue weighted by Crippen LogP contribution is 2.31. The van der Waals surface area contributed by atoms with Gasteiger partial charge in [-0.3, -0.25) is 0 Å². The highest BCUT2D eigenvalue weighted by Gasteiger charge is 2.14. The number of ether oxygens (including phenoxy) is 2. The summed E-state index contributed by atoms with van der Waals surface area (Å²) < 4.78 is 11.5. The fourth-order valence-corrected chi connectivity index (χ4v) is 2.11. The Hall–Kier alpha value is -2.00. The third-order valence-corrected chi connectivity index (χ3v) is 3.17. The Bertz CT molecular complexity index is 513. The van der Waals surface area contributed by atoms with Crippen LogP contribution in [0.1, 0.15) is 18.1 Å². The van der Waals surface area contributed by atoms with Crippen LogP contribution in [-0.2, 0) is 0 Å². The van der Waals surface area contributed by atoms with E-state index in [0.717, 1.165) is 24.5 Å². The Balaban J connectivity index is 2.19. The number of hydrogen-bond donors (Lipinski definition) is 1. The molecule has 0 unspecified atom stereocenters. The van der Waals surface area contributed by atoms with E-state index in [-0.39, 0.29) is 6.10 Å². The molecule has 0 amide bonds. The van der Waals surface area contributed by atoms with Gasteiger partial charge in [-0.15, -0.1) is 0 Å². The van der Waals surface area contributed by atoms with Crippen LogP contribution >= 0.6 is 0 Å². The maximum atomic E-state index is 6.16. The molecule has 0 aliphatic carbocycles. The summed E-state index contributed by atoms with van der Waals surface area (Å²) in [6.07, 6.45) is 0.915. The minimum absolute atomic E-state index is 0.0138. The fourth-order valence-electron chi connectivity index (χ4n) is 2.11. The molecule has 1 N–H and O–H groups in total. The predicted molar refractivity (Wildman–Crippen MR) is 81.3 cm³/mol. The van der Waals surface area contributed by atoms with E-state index in [1.54, 1.807) is 7.11 Å². The Morgan fingerprint density at radius 3 is 2.25 bits per heavy atom. The van der Waals surface area contributed by atoms with Crippen molar-refractivity contribution in [3.8, 4) is 11.5 Å². The van der Waals surface area contributed by atoms with Gasteiger partial charge in [-0.1, -0.05) is 42.5 Å². The third kappa shape index (κ3) is 3.75. The number of hydrogen-bond acceptors (Lipinski definition) is 3. The lowest BCUT2D eigenvalue weighted by Gasteiger charge is -2.21. The molecule has 0 bridgehead atoms. The van der Waals surface area contributed by atoms with Crippen LogP contribution in [0.15, 0.2) is 54.6 Å². The molecular weight excluding hydrogens is 250 g/mol. The van der Waals surface area contributed by atoms with Crippen LogP contribution < -0.4 is 14.8 Å². The van der Waals surface area contributed by atoms with Crippen LogP contribution in [0.5, 0.6) is 11.5 Å². The van der Waals surface area contributed by atoms with Crippen molar-refractivity contribution in [1.82, 2.24) is 5.32 Å². The molecule has 0 radical (unpaired) electrons. The predicted octanol–water partition coefficient (Wildman–Crippen LogP) is 3.42. The summed E-state index contributed by atoms with van der Waals surface area (Å²) in [6.45, 7) is 0.898. The van der Waals surface area contributed by atoms with Crippen molar-refractivity contribution >= 4 is 0 Å². The summed E-state index contributed by atoms with van der Waals surface area (Å²) in [5.74, 6) is 1.54. The lowest BCUT2D eigenvalue weighted by atomic mass is 10.1. The SMILES string of the molecule is CNCC[C@@H](Oc1ccccc1OC)c1ccccc1. The topological polar surface area (TPSA) is 30.5 Å². The molecule has 2 rings (SSSR count). The normalized spacial score (nSPS) is 11.9. The average molecular weight is 271 g/mol. The van der Waals surface area contributed by atoms with Gasteiger partial charge in [-0.25, -0.2) is 0 Å². The molecule has 0 spiro atoms. The van der Waals surface area contributed by atoms with Crippen LogP contribution in [0.25, 0.3) is 0 Å². The maximum Gasteiger partial charge on any atom is 0.162 e. The van der Waals surface area contributed by atoms with Crippen molar-refractivity contribution < 1.29 is 9.47 Å². The summed E-state index contributed by atoms with van der Waals surface area (Å²) in [4.78, 5) is 0. The summed E-state index contributed by atoms with van der Waals surface area (Å²) >= 11 is 0. The molecule has 2 aromatic carbocycles. The Morgan fingerprint density at radius 2 is 1.60 bits per heavy atom. The molecule has 0 fully saturated rings. The largest absolute Gasteiger partial charge is 0.493 e. The van der Waals surface area contributed by atoms with Gasteiger partial charge in [0, 0.05) is 6.42 Å². The Labute approximate surface area is 120 Å². The summed E-state index contributed by atoms with van der Waals surface area (Å²) in [7, 11) is 3.61. The third-order valence-electron chi connectivity index (χ3n) is 3.17. The van der Waals surface area contributed by atoms with Crippen LogP contribution in [0.3, 0.4) is 0 Å². The van der Waals surface area contributed by atoms with Crippen LogP contribution in [0, 0.1) is 0 Å². The fraction of sp³-hybridized carbons (Fsp3) is 0.294. The minimum atomic E-state index is 0.0138.